The van der Waals surface area contributed by atoms with Crippen LogP contribution in [0.5, 0.6) is 0 Å². The number of nitrogens with zero attached hydrogens (tertiary/aromatic N) is 2. The summed E-state index contributed by atoms with van der Waals surface area (Å²) in [6.07, 6.45) is 2.08. The predicted octanol–water partition coefficient (Wildman–Crippen LogP) is 2.01. The zero-order chi connectivity index (χ0) is 11.5. The zero-order valence-corrected chi connectivity index (χ0v) is 8.76. The minimum absolute atomic E-state index is 0.321. The number of aliphatic hydroxyl groups is 1. The van der Waals surface area contributed by atoms with E-state index in [-0.39, 0.29) is 5.82 Å². The van der Waals surface area contributed by atoms with Gasteiger partial charge in [0.2, 0.25) is 0 Å². The lowest BCUT2D eigenvalue weighted by Crippen LogP contribution is -2.01. The molecule has 1 aromatic carbocycles. The molecule has 0 radical (unpaired) electrons. The normalized spacial score (nSPS) is 12.4. The van der Waals surface area contributed by atoms with Crippen molar-refractivity contribution in [2.24, 2.45) is 0 Å². The van der Waals surface area contributed by atoms with Gasteiger partial charge in [-0.2, -0.15) is 10.2 Å². The van der Waals surface area contributed by atoms with Crippen molar-refractivity contribution >= 4 is 0 Å². The minimum Gasteiger partial charge on any atom is -0.384 e. The van der Waals surface area contributed by atoms with Crippen LogP contribution in [0.2, 0.25) is 0 Å². The van der Waals surface area contributed by atoms with E-state index in [4.69, 9.17) is 0 Å². The summed E-state index contributed by atoms with van der Waals surface area (Å²) in [6.45, 7) is 1.68. The van der Waals surface area contributed by atoms with Gasteiger partial charge < -0.3 is 5.11 Å². The SMILES string of the molecule is Cc1ccc(C(O)c2ccnnc2)cc1F. The Balaban J connectivity index is 2.34. The number of aromatic nitrogens is 2. The Bertz CT molecular complexity index is 488. The second-order valence-corrected chi connectivity index (χ2v) is 3.59. The fraction of sp³-hybridized carbons (Fsp3) is 0.167. The highest BCUT2D eigenvalue weighted by atomic mass is 19.1. The second kappa shape index (κ2) is 4.37. The highest BCUT2D eigenvalue weighted by molar-refractivity contribution is 5.30. The minimum atomic E-state index is -0.870. The van der Waals surface area contributed by atoms with E-state index in [1.807, 2.05) is 0 Å². The number of hydrogen-bond donors (Lipinski definition) is 1. The van der Waals surface area contributed by atoms with E-state index in [0.717, 1.165) is 0 Å². The highest BCUT2D eigenvalue weighted by Gasteiger charge is 2.11. The highest BCUT2D eigenvalue weighted by Crippen LogP contribution is 2.22. The van der Waals surface area contributed by atoms with Crippen LogP contribution in [-0.2, 0) is 0 Å². The Hall–Kier alpha value is -1.81. The quantitative estimate of drug-likeness (QED) is 0.838. The van der Waals surface area contributed by atoms with E-state index >= 15 is 0 Å². The van der Waals surface area contributed by atoms with Crippen LogP contribution >= 0.6 is 0 Å². The van der Waals surface area contributed by atoms with Crippen molar-refractivity contribution in [3.05, 3.63) is 59.2 Å². The molecule has 16 heavy (non-hydrogen) atoms. The standard InChI is InChI=1S/C12H11FN2O/c1-8-2-3-9(6-11(8)13)12(16)10-4-5-14-15-7-10/h2-7,12,16H,1H3. The van der Waals surface area contributed by atoms with Gasteiger partial charge in [-0.3, -0.25) is 0 Å². The number of hydrogen-bond acceptors (Lipinski definition) is 3. The molecular weight excluding hydrogens is 207 g/mol. The van der Waals surface area contributed by atoms with E-state index < -0.39 is 6.10 Å². The van der Waals surface area contributed by atoms with Crippen molar-refractivity contribution in [2.45, 2.75) is 13.0 Å². The average molecular weight is 218 g/mol. The van der Waals surface area contributed by atoms with E-state index in [0.29, 0.717) is 16.7 Å². The molecule has 0 aliphatic heterocycles. The molecule has 0 saturated carbocycles. The number of rotatable bonds is 2. The number of halogens is 1. The van der Waals surface area contributed by atoms with Gasteiger partial charge in [0, 0.05) is 11.8 Å². The third-order valence-corrected chi connectivity index (χ3v) is 2.43. The molecule has 1 aromatic heterocycles. The maximum Gasteiger partial charge on any atom is 0.126 e. The molecule has 1 unspecified atom stereocenters. The third kappa shape index (κ3) is 2.06. The molecule has 0 bridgehead atoms. The van der Waals surface area contributed by atoms with E-state index in [2.05, 4.69) is 10.2 Å². The van der Waals surface area contributed by atoms with Crippen LogP contribution in [0.1, 0.15) is 22.8 Å². The van der Waals surface area contributed by atoms with Crippen LogP contribution in [-0.4, -0.2) is 15.3 Å². The number of benzene rings is 1. The molecule has 1 N–H and O–H groups in total. The molecular formula is C12H11FN2O. The maximum absolute atomic E-state index is 13.3. The van der Waals surface area contributed by atoms with Crippen LogP contribution in [0.3, 0.4) is 0 Å². The van der Waals surface area contributed by atoms with Gasteiger partial charge >= 0.3 is 0 Å². The molecule has 0 saturated heterocycles. The molecule has 0 amide bonds. The number of aliphatic hydroxyl groups excluding tert-OH is 1. The summed E-state index contributed by atoms with van der Waals surface area (Å²) in [6, 6.07) is 6.32. The average Bonchev–Trinajstić information content (AvgIpc) is 2.33. The molecule has 2 aromatic rings. The van der Waals surface area contributed by atoms with Crippen LogP contribution < -0.4 is 0 Å². The van der Waals surface area contributed by atoms with Crippen molar-refractivity contribution in [2.75, 3.05) is 0 Å². The molecule has 0 aliphatic rings. The smallest absolute Gasteiger partial charge is 0.126 e. The van der Waals surface area contributed by atoms with Crippen LogP contribution in [0.25, 0.3) is 0 Å². The molecule has 2 rings (SSSR count). The van der Waals surface area contributed by atoms with Gasteiger partial charge in [-0.25, -0.2) is 4.39 Å². The van der Waals surface area contributed by atoms with Gasteiger partial charge in [-0.1, -0.05) is 12.1 Å². The summed E-state index contributed by atoms with van der Waals surface area (Å²) in [5.41, 5.74) is 1.66. The summed E-state index contributed by atoms with van der Waals surface area (Å²) in [7, 11) is 0. The van der Waals surface area contributed by atoms with Gasteiger partial charge in [0.15, 0.2) is 0 Å². The molecule has 1 atom stereocenters. The lowest BCUT2D eigenvalue weighted by atomic mass is 10.0. The van der Waals surface area contributed by atoms with Gasteiger partial charge in [0.05, 0.1) is 6.20 Å². The second-order valence-electron chi connectivity index (χ2n) is 3.59. The van der Waals surface area contributed by atoms with Crippen molar-refractivity contribution in [3.63, 3.8) is 0 Å². The molecule has 82 valence electrons. The molecule has 4 heteroatoms. The van der Waals surface area contributed by atoms with Crippen molar-refractivity contribution in [3.8, 4) is 0 Å². The first-order valence-electron chi connectivity index (χ1n) is 4.89. The molecule has 3 nitrogen and oxygen atoms in total. The first-order chi connectivity index (χ1) is 7.68. The van der Waals surface area contributed by atoms with Gasteiger partial charge in [-0.15, -0.1) is 0 Å². The summed E-state index contributed by atoms with van der Waals surface area (Å²) in [5.74, 6) is -0.321. The number of aryl methyl sites for hydroxylation is 1. The van der Waals surface area contributed by atoms with Crippen molar-refractivity contribution in [1.29, 1.82) is 0 Å². The van der Waals surface area contributed by atoms with E-state index in [1.165, 1.54) is 18.5 Å². The fourth-order valence-electron chi connectivity index (χ4n) is 1.43. The van der Waals surface area contributed by atoms with Crippen molar-refractivity contribution < 1.29 is 9.50 Å². The Morgan fingerprint density at radius 2 is 2.00 bits per heavy atom. The van der Waals surface area contributed by atoms with E-state index in [1.54, 1.807) is 25.1 Å². The lowest BCUT2D eigenvalue weighted by Gasteiger charge is -2.11. The Labute approximate surface area is 92.6 Å². The topological polar surface area (TPSA) is 46.0 Å². The molecule has 0 fully saturated rings. The Kier molecular flexibility index (Phi) is 2.92. The summed E-state index contributed by atoms with van der Waals surface area (Å²) < 4.78 is 13.3. The van der Waals surface area contributed by atoms with Gasteiger partial charge in [0.1, 0.15) is 11.9 Å². The monoisotopic (exact) mass is 218 g/mol. The van der Waals surface area contributed by atoms with Crippen molar-refractivity contribution in [1.82, 2.24) is 10.2 Å². The fourth-order valence-corrected chi connectivity index (χ4v) is 1.43. The van der Waals surface area contributed by atoms with Crippen LogP contribution in [0.15, 0.2) is 36.7 Å². The largest absolute Gasteiger partial charge is 0.384 e. The summed E-state index contributed by atoms with van der Waals surface area (Å²) in [4.78, 5) is 0. The zero-order valence-electron chi connectivity index (χ0n) is 8.76. The first-order valence-corrected chi connectivity index (χ1v) is 4.89. The first kappa shape index (κ1) is 10.7. The van der Waals surface area contributed by atoms with Crippen LogP contribution in [0, 0.1) is 12.7 Å². The van der Waals surface area contributed by atoms with E-state index in [9.17, 15) is 9.50 Å². The Morgan fingerprint density at radius 1 is 1.19 bits per heavy atom. The van der Waals surface area contributed by atoms with Gasteiger partial charge in [0.25, 0.3) is 0 Å². The van der Waals surface area contributed by atoms with Gasteiger partial charge in [-0.05, 0) is 30.2 Å². The molecule has 0 spiro atoms. The molecule has 1 heterocycles. The summed E-state index contributed by atoms with van der Waals surface area (Å²) >= 11 is 0. The Morgan fingerprint density at radius 3 is 2.62 bits per heavy atom. The maximum atomic E-state index is 13.3. The lowest BCUT2D eigenvalue weighted by molar-refractivity contribution is 0.219. The summed E-state index contributed by atoms with van der Waals surface area (Å²) in [5, 5.41) is 17.3. The van der Waals surface area contributed by atoms with Crippen LogP contribution in [0.4, 0.5) is 4.39 Å². The predicted molar refractivity (Wildman–Crippen MR) is 57.2 cm³/mol. The third-order valence-electron chi connectivity index (χ3n) is 2.43. The molecule has 0 aliphatic carbocycles.